The molecule has 10 heteroatoms. The van der Waals surface area contributed by atoms with Crippen molar-refractivity contribution in [3.05, 3.63) is 53.4 Å². The van der Waals surface area contributed by atoms with E-state index in [1.54, 1.807) is 15.9 Å². The van der Waals surface area contributed by atoms with Crippen LogP contribution in [0.4, 0.5) is 5.95 Å². The number of nitrogens with one attached hydrogen (secondary N) is 1. The largest absolute Gasteiger partial charge is 0.492 e. The van der Waals surface area contributed by atoms with Crippen molar-refractivity contribution in [2.24, 2.45) is 0 Å². The predicted molar refractivity (Wildman–Crippen MR) is 141 cm³/mol. The van der Waals surface area contributed by atoms with Crippen LogP contribution < -0.4 is 10.1 Å². The van der Waals surface area contributed by atoms with E-state index in [4.69, 9.17) is 14.5 Å². The fraction of sp³-hybridized carbons (Fsp3) is 0.423. The van der Waals surface area contributed by atoms with Crippen LogP contribution in [-0.4, -0.2) is 81.9 Å². The monoisotopic (exact) mass is 512 g/mol. The highest BCUT2D eigenvalue weighted by Crippen LogP contribution is 2.37. The van der Waals surface area contributed by atoms with E-state index in [0.717, 1.165) is 44.7 Å². The van der Waals surface area contributed by atoms with Gasteiger partial charge in [-0.25, -0.2) is 4.98 Å². The van der Waals surface area contributed by atoms with Gasteiger partial charge in [-0.1, -0.05) is 24.3 Å². The van der Waals surface area contributed by atoms with Gasteiger partial charge in [0.1, 0.15) is 24.1 Å². The number of aliphatic hydroxyl groups is 3. The third-order valence-electron chi connectivity index (χ3n) is 6.35. The van der Waals surface area contributed by atoms with Crippen LogP contribution in [0.15, 0.2) is 48.5 Å². The van der Waals surface area contributed by atoms with Crippen molar-refractivity contribution < 1.29 is 24.8 Å². The Kier molecular flexibility index (Phi) is 7.42. The molecule has 5 rings (SSSR count). The highest BCUT2D eigenvalue weighted by atomic mass is 32.1. The van der Waals surface area contributed by atoms with Crippen LogP contribution in [0, 0.1) is 0 Å². The quantitative estimate of drug-likeness (QED) is 0.240. The number of imidazole rings is 1. The van der Waals surface area contributed by atoms with Crippen LogP contribution in [0.2, 0.25) is 0 Å². The predicted octanol–water partition coefficient (Wildman–Crippen LogP) is 2.81. The van der Waals surface area contributed by atoms with Crippen LogP contribution in [0.3, 0.4) is 0 Å². The van der Waals surface area contributed by atoms with Crippen LogP contribution in [-0.2, 0) is 11.3 Å². The fourth-order valence-corrected chi connectivity index (χ4v) is 5.60. The molecule has 0 amide bonds. The molecule has 3 heterocycles. The Morgan fingerprint density at radius 1 is 1.14 bits per heavy atom. The Morgan fingerprint density at radius 2 is 1.97 bits per heavy atom. The lowest BCUT2D eigenvalue weighted by Crippen LogP contribution is -2.33. The number of para-hydroxylation sites is 2. The minimum absolute atomic E-state index is 0.383. The Balaban J connectivity index is 1.37. The van der Waals surface area contributed by atoms with Crippen LogP contribution in [0.25, 0.3) is 21.1 Å². The van der Waals surface area contributed by atoms with Crippen LogP contribution in [0.1, 0.15) is 17.5 Å². The molecular weight excluding hydrogens is 480 g/mol. The van der Waals surface area contributed by atoms with E-state index in [9.17, 15) is 15.3 Å². The molecule has 36 heavy (non-hydrogen) atoms. The third kappa shape index (κ3) is 4.93. The molecule has 2 aromatic carbocycles. The second-order valence-electron chi connectivity index (χ2n) is 9.27. The molecule has 0 saturated carbocycles. The smallest absolute Gasteiger partial charge is 0.206 e. The first-order chi connectivity index (χ1) is 17.5. The molecule has 4 aromatic rings. The molecule has 0 radical (unpaired) electrons. The van der Waals surface area contributed by atoms with Crippen molar-refractivity contribution in [3.63, 3.8) is 0 Å². The molecule has 1 aliphatic rings. The first kappa shape index (κ1) is 24.9. The zero-order valence-corrected chi connectivity index (χ0v) is 21.2. The zero-order valence-electron chi connectivity index (χ0n) is 20.4. The van der Waals surface area contributed by atoms with E-state index in [0.29, 0.717) is 19.1 Å². The molecule has 1 aliphatic heterocycles. The highest BCUT2D eigenvalue weighted by Gasteiger charge is 2.44. The van der Waals surface area contributed by atoms with Gasteiger partial charge in [0.25, 0.3) is 0 Å². The molecule has 4 N–H and O–H groups in total. The minimum Gasteiger partial charge on any atom is -0.492 e. The maximum atomic E-state index is 10.7. The van der Waals surface area contributed by atoms with Gasteiger partial charge in [0.15, 0.2) is 6.23 Å². The maximum absolute atomic E-state index is 10.7. The van der Waals surface area contributed by atoms with Gasteiger partial charge in [-0.05, 0) is 50.2 Å². The fourth-order valence-electron chi connectivity index (χ4n) is 4.54. The van der Waals surface area contributed by atoms with E-state index in [2.05, 4.69) is 36.4 Å². The summed E-state index contributed by atoms with van der Waals surface area (Å²) < 4.78 is 14.8. The van der Waals surface area contributed by atoms with Crippen molar-refractivity contribution in [2.45, 2.75) is 37.5 Å². The molecule has 0 unspecified atom stereocenters. The van der Waals surface area contributed by atoms with E-state index >= 15 is 0 Å². The van der Waals surface area contributed by atoms with E-state index in [1.807, 2.05) is 36.4 Å². The van der Waals surface area contributed by atoms with Gasteiger partial charge in [0.05, 0.1) is 35.5 Å². The average Bonchev–Trinajstić information content (AvgIpc) is 3.54. The third-order valence-corrected chi connectivity index (χ3v) is 7.52. The van der Waals surface area contributed by atoms with Gasteiger partial charge in [0, 0.05) is 11.4 Å². The summed E-state index contributed by atoms with van der Waals surface area (Å²) in [5.41, 5.74) is 1.50. The number of anilines is 1. The number of hydrogen-bond acceptors (Lipinski definition) is 9. The molecule has 9 nitrogen and oxygen atoms in total. The first-order valence-corrected chi connectivity index (χ1v) is 12.9. The zero-order chi connectivity index (χ0) is 25.2. The van der Waals surface area contributed by atoms with Gasteiger partial charge in [-0.15, -0.1) is 11.3 Å². The van der Waals surface area contributed by atoms with Crippen LogP contribution >= 0.6 is 11.3 Å². The topological polar surface area (TPSA) is 112 Å². The van der Waals surface area contributed by atoms with Crippen molar-refractivity contribution in [3.8, 4) is 5.75 Å². The minimum atomic E-state index is -1.20. The second-order valence-corrected chi connectivity index (χ2v) is 10.4. The number of hydrogen-bond donors (Lipinski definition) is 4. The van der Waals surface area contributed by atoms with Crippen molar-refractivity contribution >= 4 is 38.4 Å². The van der Waals surface area contributed by atoms with E-state index < -0.39 is 24.5 Å². The van der Waals surface area contributed by atoms with Gasteiger partial charge < -0.3 is 35.0 Å². The molecule has 192 valence electrons. The Hall–Kier alpha value is -2.73. The summed E-state index contributed by atoms with van der Waals surface area (Å²) in [7, 11) is 4.11. The SMILES string of the molecule is CN(C)CCCOc1cccc2cc(CNc3nc4ccccc4n3[C@@H]3O[C@H](CO)[C@@H](O)[C@H]3O)sc12. The molecule has 2 aromatic heterocycles. The summed E-state index contributed by atoms with van der Waals surface area (Å²) in [6.07, 6.45) is -3.17. The summed E-state index contributed by atoms with van der Waals surface area (Å²) in [5, 5.41) is 35.0. The Morgan fingerprint density at radius 3 is 2.75 bits per heavy atom. The van der Waals surface area contributed by atoms with Crippen LogP contribution in [0.5, 0.6) is 5.75 Å². The molecule has 0 bridgehead atoms. The number of benzene rings is 2. The van der Waals surface area contributed by atoms with Gasteiger partial charge in [-0.2, -0.15) is 0 Å². The lowest BCUT2D eigenvalue weighted by molar-refractivity contribution is -0.0499. The van der Waals surface area contributed by atoms with Crippen molar-refractivity contribution in [1.29, 1.82) is 0 Å². The van der Waals surface area contributed by atoms with Gasteiger partial charge >= 0.3 is 0 Å². The average molecular weight is 513 g/mol. The Bertz CT molecular complexity index is 1320. The number of nitrogens with zero attached hydrogens (tertiary/aromatic N) is 3. The maximum Gasteiger partial charge on any atom is 0.206 e. The standard InChI is InChI=1S/C26H32N4O5S/c1-29(2)11-6-12-34-20-10-5-7-16-13-17(36-24(16)20)14-27-26-28-18-8-3-4-9-19(18)30(26)25-23(33)22(32)21(15-31)35-25/h3-5,7-10,13,21-23,25,31-33H,6,11-12,14-15H2,1-2H3,(H,27,28)/t21-,22-,23-,25-/m1/s1. The van der Waals surface area contributed by atoms with Crippen molar-refractivity contribution in [2.75, 3.05) is 39.2 Å². The number of rotatable bonds is 10. The lowest BCUT2D eigenvalue weighted by Gasteiger charge is -2.20. The summed E-state index contributed by atoms with van der Waals surface area (Å²) in [4.78, 5) is 7.96. The number of thiophene rings is 1. The molecule has 1 saturated heterocycles. The molecule has 0 aliphatic carbocycles. The second kappa shape index (κ2) is 10.7. The molecule has 1 fully saturated rings. The Labute approximate surface area is 213 Å². The normalized spacial score (nSPS) is 22.2. The molecular formula is C26H32N4O5S. The van der Waals surface area contributed by atoms with Gasteiger partial charge in [0.2, 0.25) is 5.95 Å². The molecule has 4 atom stereocenters. The highest BCUT2D eigenvalue weighted by molar-refractivity contribution is 7.19. The summed E-state index contributed by atoms with van der Waals surface area (Å²) in [5.74, 6) is 1.41. The number of ether oxygens (including phenoxy) is 2. The van der Waals surface area contributed by atoms with Gasteiger partial charge in [-0.3, -0.25) is 4.57 Å². The number of aromatic nitrogens is 2. The summed E-state index contributed by atoms with van der Waals surface area (Å²) in [6, 6.07) is 15.8. The van der Waals surface area contributed by atoms with Crippen molar-refractivity contribution in [1.82, 2.24) is 14.5 Å². The molecule has 0 spiro atoms. The van der Waals surface area contributed by atoms with E-state index in [1.165, 1.54) is 0 Å². The first-order valence-electron chi connectivity index (χ1n) is 12.1. The number of aliphatic hydroxyl groups excluding tert-OH is 3. The lowest BCUT2D eigenvalue weighted by atomic mass is 10.1. The van der Waals surface area contributed by atoms with E-state index in [-0.39, 0.29) is 6.61 Å². The number of fused-ring (bicyclic) bond motifs is 2. The summed E-state index contributed by atoms with van der Waals surface area (Å²) in [6.45, 7) is 1.77. The summed E-state index contributed by atoms with van der Waals surface area (Å²) >= 11 is 1.67.